The second-order valence-electron chi connectivity index (χ2n) is 6.55. The molecule has 27 heavy (non-hydrogen) atoms. The average Bonchev–Trinajstić information content (AvgIpc) is 2.87. The molecule has 146 valence electrons. The van der Waals surface area contributed by atoms with E-state index in [-0.39, 0.29) is 23.8 Å². The highest BCUT2D eigenvalue weighted by molar-refractivity contribution is 6.05. The molecule has 1 fully saturated rings. The van der Waals surface area contributed by atoms with Gasteiger partial charge in [-0.2, -0.15) is 0 Å². The van der Waals surface area contributed by atoms with Crippen LogP contribution >= 0.6 is 0 Å². The number of hydrogen-bond donors (Lipinski definition) is 3. The summed E-state index contributed by atoms with van der Waals surface area (Å²) < 4.78 is 0. The first kappa shape index (κ1) is 20.6. The molecule has 1 saturated heterocycles. The molecule has 2 heterocycles. The largest absolute Gasteiger partial charge is 0.370 e. The summed E-state index contributed by atoms with van der Waals surface area (Å²) in [5, 5.41) is 5.58. The molecular weight excluding hydrogens is 344 g/mol. The van der Waals surface area contributed by atoms with Crippen LogP contribution < -0.4 is 16.4 Å². The van der Waals surface area contributed by atoms with Gasteiger partial charge < -0.3 is 16.0 Å². The monoisotopic (exact) mass is 372 g/mol. The SMILES string of the molecule is CNC/C=C/C(=O)N1CCCCC(N=C(N)NC(=O)c2ccnc(C)c2)C1. The quantitative estimate of drug-likeness (QED) is 0.398. The Morgan fingerprint density at radius 3 is 3.00 bits per heavy atom. The van der Waals surface area contributed by atoms with Crippen molar-refractivity contribution in [2.45, 2.75) is 32.2 Å². The first-order valence-corrected chi connectivity index (χ1v) is 9.17. The fraction of sp³-hybridized carbons (Fsp3) is 0.474. The highest BCUT2D eigenvalue weighted by Crippen LogP contribution is 2.14. The average molecular weight is 372 g/mol. The minimum absolute atomic E-state index is 0.0257. The zero-order valence-corrected chi connectivity index (χ0v) is 15.9. The first-order chi connectivity index (χ1) is 13.0. The minimum Gasteiger partial charge on any atom is -0.370 e. The molecule has 1 atom stereocenters. The van der Waals surface area contributed by atoms with E-state index in [9.17, 15) is 9.59 Å². The summed E-state index contributed by atoms with van der Waals surface area (Å²) in [5.41, 5.74) is 7.16. The van der Waals surface area contributed by atoms with E-state index in [1.54, 1.807) is 35.4 Å². The van der Waals surface area contributed by atoms with Gasteiger partial charge in [-0.1, -0.05) is 6.08 Å². The second-order valence-corrected chi connectivity index (χ2v) is 6.55. The minimum atomic E-state index is -0.321. The standard InChI is InChI=1S/C19H28N6O2/c1-14-12-15(8-10-22-14)18(27)24-19(20)23-16-6-3-4-11-25(13-16)17(26)7-5-9-21-2/h5,7-8,10,12,16,21H,3-4,6,9,11,13H2,1-2H3,(H3,20,23,24,27)/b7-5+. The number of nitrogens with one attached hydrogen (secondary N) is 2. The number of nitrogens with zero attached hydrogens (tertiary/aromatic N) is 3. The maximum atomic E-state index is 12.3. The molecule has 0 aliphatic carbocycles. The molecule has 8 heteroatoms. The summed E-state index contributed by atoms with van der Waals surface area (Å²) in [6.45, 7) is 3.66. The Labute approximate surface area is 159 Å². The number of carbonyl (C=O) groups excluding carboxylic acids is 2. The first-order valence-electron chi connectivity index (χ1n) is 9.17. The molecule has 1 aliphatic rings. The summed E-state index contributed by atoms with van der Waals surface area (Å²) in [6.07, 6.45) is 7.68. The van der Waals surface area contributed by atoms with Crippen molar-refractivity contribution >= 4 is 17.8 Å². The topological polar surface area (TPSA) is 113 Å². The fourth-order valence-corrected chi connectivity index (χ4v) is 2.91. The smallest absolute Gasteiger partial charge is 0.258 e. The second kappa shape index (κ2) is 10.4. The summed E-state index contributed by atoms with van der Waals surface area (Å²) in [6, 6.07) is 3.18. The Morgan fingerprint density at radius 1 is 1.44 bits per heavy atom. The Morgan fingerprint density at radius 2 is 2.26 bits per heavy atom. The van der Waals surface area contributed by atoms with Crippen LogP contribution in [-0.4, -0.2) is 60.4 Å². The third kappa shape index (κ3) is 6.82. The number of aromatic nitrogens is 1. The normalized spacial score (nSPS) is 18.4. The molecule has 1 aromatic heterocycles. The predicted octanol–water partition coefficient (Wildman–Crippen LogP) is 0.591. The zero-order chi connectivity index (χ0) is 19.6. The molecule has 4 N–H and O–H groups in total. The van der Waals surface area contributed by atoms with Crippen LogP contribution in [0.4, 0.5) is 0 Å². The molecule has 1 aliphatic heterocycles. The molecule has 0 aromatic carbocycles. The maximum Gasteiger partial charge on any atom is 0.258 e. The van der Waals surface area contributed by atoms with Gasteiger partial charge >= 0.3 is 0 Å². The summed E-state index contributed by atoms with van der Waals surface area (Å²) in [7, 11) is 1.83. The number of aryl methyl sites for hydroxylation is 1. The van der Waals surface area contributed by atoms with Gasteiger partial charge in [-0.15, -0.1) is 0 Å². The lowest BCUT2D eigenvalue weighted by Crippen LogP contribution is -2.40. The molecule has 2 rings (SSSR count). The van der Waals surface area contributed by atoms with Gasteiger partial charge in [0.25, 0.3) is 5.91 Å². The van der Waals surface area contributed by atoms with Gasteiger partial charge in [0.2, 0.25) is 5.91 Å². The van der Waals surface area contributed by atoms with E-state index in [0.717, 1.165) is 25.0 Å². The molecular formula is C19H28N6O2. The van der Waals surface area contributed by atoms with Crippen LogP contribution in [0, 0.1) is 6.92 Å². The van der Waals surface area contributed by atoms with Gasteiger partial charge in [-0.05, 0) is 45.4 Å². The van der Waals surface area contributed by atoms with E-state index < -0.39 is 0 Å². The summed E-state index contributed by atoms with van der Waals surface area (Å²) in [5.74, 6) is -0.278. The van der Waals surface area contributed by atoms with E-state index in [1.165, 1.54) is 0 Å². The molecule has 8 nitrogen and oxygen atoms in total. The van der Waals surface area contributed by atoms with Crippen LogP contribution in [0.5, 0.6) is 0 Å². The van der Waals surface area contributed by atoms with Crippen molar-refractivity contribution in [3.63, 3.8) is 0 Å². The van der Waals surface area contributed by atoms with Crippen molar-refractivity contribution in [2.24, 2.45) is 10.7 Å². The van der Waals surface area contributed by atoms with E-state index in [0.29, 0.717) is 25.2 Å². The van der Waals surface area contributed by atoms with E-state index >= 15 is 0 Å². The third-order valence-corrected chi connectivity index (χ3v) is 4.26. The van der Waals surface area contributed by atoms with Gasteiger partial charge in [0.1, 0.15) is 0 Å². The lowest BCUT2D eigenvalue weighted by Gasteiger charge is -2.21. The Hall–Kier alpha value is -2.74. The molecule has 0 saturated carbocycles. The van der Waals surface area contributed by atoms with Gasteiger partial charge in [-0.25, -0.2) is 4.99 Å². The number of aliphatic imine (C=N–C) groups is 1. The van der Waals surface area contributed by atoms with Gasteiger partial charge in [0.15, 0.2) is 5.96 Å². The van der Waals surface area contributed by atoms with Gasteiger partial charge in [-0.3, -0.25) is 19.9 Å². The number of hydrogen-bond acceptors (Lipinski definition) is 5. The molecule has 0 bridgehead atoms. The fourth-order valence-electron chi connectivity index (χ4n) is 2.91. The zero-order valence-electron chi connectivity index (χ0n) is 15.9. The molecule has 0 spiro atoms. The van der Waals surface area contributed by atoms with Crippen LogP contribution in [0.1, 0.15) is 35.3 Å². The number of guanidine groups is 1. The van der Waals surface area contributed by atoms with Crippen molar-refractivity contribution in [2.75, 3.05) is 26.7 Å². The van der Waals surface area contributed by atoms with Crippen LogP contribution in [0.3, 0.4) is 0 Å². The Kier molecular flexibility index (Phi) is 7.94. The predicted molar refractivity (Wildman–Crippen MR) is 105 cm³/mol. The van der Waals surface area contributed by atoms with Crippen molar-refractivity contribution < 1.29 is 9.59 Å². The Balaban J connectivity index is 1.98. The number of amides is 2. The van der Waals surface area contributed by atoms with E-state index in [2.05, 4.69) is 20.6 Å². The van der Waals surface area contributed by atoms with E-state index in [4.69, 9.17) is 5.73 Å². The summed E-state index contributed by atoms with van der Waals surface area (Å²) in [4.78, 5) is 34.8. The van der Waals surface area contributed by atoms with E-state index in [1.807, 2.05) is 14.0 Å². The highest BCUT2D eigenvalue weighted by Gasteiger charge is 2.21. The van der Waals surface area contributed by atoms with Crippen LogP contribution in [0.15, 0.2) is 35.5 Å². The van der Waals surface area contributed by atoms with Crippen LogP contribution in [-0.2, 0) is 4.79 Å². The maximum absolute atomic E-state index is 12.3. The Bertz CT molecular complexity index is 716. The highest BCUT2D eigenvalue weighted by atomic mass is 16.2. The van der Waals surface area contributed by atoms with Crippen molar-refractivity contribution in [1.29, 1.82) is 0 Å². The van der Waals surface area contributed by atoms with Crippen molar-refractivity contribution in [1.82, 2.24) is 20.5 Å². The van der Waals surface area contributed by atoms with Crippen molar-refractivity contribution in [3.05, 3.63) is 41.7 Å². The number of pyridine rings is 1. The third-order valence-electron chi connectivity index (χ3n) is 4.26. The van der Waals surface area contributed by atoms with Crippen LogP contribution in [0.25, 0.3) is 0 Å². The molecule has 2 amide bonds. The number of likely N-dealkylation sites (N-methyl/N-ethyl adjacent to an activating group) is 1. The van der Waals surface area contributed by atoms with Gasteiger partial charge in [0.05, 0.1) is 6.04 Å². The number of nitrogens with two attached hydrogens (primary N) is 1. The van der Waals surface area contributed by atoms with Crippen molar-refractivity contribution in [3.8, 4) is 0 Å². The number of likely N-dealkylation sites (tertiary alicyclic amines) is 1. The molecule has 0 radical (unpaired) electrons. The molecule has 1 aromatic rings. The van der Waals surface area contributed by atoms with Crippen LogP contribution in [0.2, 0.25) is 0 Å². The number of rotatable bonds is 5. The number of carbonyl (C=O) groups is 2. The lowest BCUT2D eigenvalue weighted by atomic mass is 10.1. The van der Waals surface area contributed by atoms with Gasteiger partial charge in [0, 0.05) is 43.2 Å². The summed E-state index contributed by atoms with van der Waals surface area (Å²) >= 11 is 0. The lowest BCUT2D eigenvalue weighted by molar-refractivity contribution is -0.126. The molecule has 1 unspecified atom stereocenters.